The van der Waals surface area contributed by atoms with Gasteiger partial charge >= 0.3 is 0 Å². The van der Waals surface area contributed by atoms with Crippen LogP contribution in [0.3, 0.4) is 0 Å². The lowest BCUT2D eigenvalue weighted by Crippen LogP contribution is -1.56. The van der Waals surface area contributed by atoms with Crippen LogP contribution >= 0.6 is 34.7 Å². The highest BCUT2D eigenvalue weighted by Crippen LogP contribution is 2.34. The number of aromatic nitrogens is 1. The molecular formula is C4Cl2N2OS. The van der Waals surface area contributed by atoms with Crippen molar-refractivity contribution in [1.82, 2.24) is 4.37 Å². The molecule has 1 heterocycles. The molecule has 0 amide bonds. The third-order valence-corrected chi connectivity index (χ3v) is 2.41. The zero-order valence-corrected chi connectivity index (χ0v) is 6.80. The predicted octanol–water partition coefficient (Wildman–Crippen LogP) is 2.42. The van der Waals surface area contributed by atoms with Gasteiger partial charge in [0.05, 0.1) is 0 Å². The molecule has 0 aliphatic heterocycles. The van der Waals surface area contributed by atoms with E-state index >= 15 is 0 Å². The van der Waals surface area contributed by atoms with Crippen LogP contribution in [0.4, 0.5) is 5.00 Å². The minimum atomic E-state index is 0.167. The van der Waals surface area contributed by atoms with Gasteiger partial charge in [0.1, 0.15) is 5.02 Å². The van der Waals surface area contributed by atoms with Crippen LogP contribution in [0.25, 0.3) is 0 Å². The number of rotatable bonds is 1. The number of hydrogen-bond acceptors (Lipinski definition) is 4. The molecule has 0 aliphatic rings. The Hall–Kier alpha value is -0.410. The molecule has 0 unspecified atom stereocenters. The molecule has 6 heteroatoms. The molecule has 1 aromatic heterocycles. The number of isocyanates is 1. The van der Waals surface area contributed by atoms with Crippen molar-refractivity contribution in [3.8, 4) is 0 Å². The number of aliphatic imine (C=N–C) groups is 1. The van der Waals surface area contributed by atoms with Gasteiger partial charge in [-0.05, 0) is 11.5 Å². The summed E-state index contributed by atoms with van der Waals surface area (Å²) >= 11 is 11.9. The lowest BCUT2D eigenvalue weighted by molar-refractivity contribution is 0.565. The SMILES string of the molecule is O=C=Nc1snc(Cl)c1Cl. The van der Waals surface area contributed by atoms with Crippen LogP contribution in [0.15, 0.2) is 4.99 Å². The lowest BCUT2D eigenvalue weighted by atomic mass is 10.7. The zero-order valence-electron chi connectivity index (χ0n) is 4.47. The topological polar surface area (TPSA) is 42.3 Å². The van der Waals surface area contributed by atoms with Crippen LogP contribution in [-0.2, 0) is 4.79 Å². The minimum Gasteiger partial charge on any atom is -0.211 e. The van der Waals surface area contributed by atoms with Gasteiger partial charge in [-0.3, -0.25) is 0 Å². The third kappa shape index (κ3) is 1.36. The molecule has 0 bridgehead atoms. The Bertz CT molecular complexity index is 291. The molecule has 0 spiro atoms. The van der Waals surface area contributed by atoms with Gasteiger partial charge in [-0.1, -0.05) is 23.2 Å². The van der Waals surface area contributed by atoms with Gasteiger partial charge in [0.15, 0.2) is 10.2 Å². The smallest absolute Gasteiger partial charge is 0.211 e. The molecule has 0 fully saturated rings. The Balaban J connectivity index is 3.17. The second-order valence-corrected chi connectivity index (χ2v) is 2.78. The maximum absolute atomic E-state index is 9.72. The van der Waals surface area contributed by atoms with Gasteiger partial charge in [0, 0.05) is 0 Å². The molecule has 0 N–H and O–H groups in total. The Morgan fingerprint density at radius 1 is 1.60 bits per heavy atom. The van der Waals surface area contributed by atoms with Crippen molar-refractivity contribution in [3.63, 3.8) is 0 Å². The summed E-state index contributed by atoms with van der Waals surface area (Å²) < 4.78 is 3.64. The van der Waals surface area contributed by atoms with Crippen LogP contribution in [0.1, 0.15) is 0 Å². The maximum Gasteiger partial charge on any atom is 0.241 e. The van der Waals surface area contributed by atoms with Crippen LogP contribution in [-0.4, -0.2) is 10.5 Å². The summed E-state index contributed by atoms with van der Waals surface area (Å²) in [4.78, 5) is 13.0. The molecular weight excluding hydrogens is 195 g/mol. The highest BCUT2D eigenvalue weighted by molar-refractivity contribution is 7.11. The summed E-state index contributed by atoms with van der Waals surface area (Å²) in [6.07, 6.45) is 1.34. The molecule has 3 nitrogen and oxygen atoms in total. The highest BCUT2D eigenvalue weighted by Gasteiger charge is 2.07. The zero-order chi connectivity index (χ0) is 7.56. The molecule has 0 aromatic carbocycles. The fourth-order valence-corrected chi connectivity index (χ4v) is 1.36. The van der Waals surface area contributed by atoms with E-state index in [-0.39, 0.29) is 10.2 Å². The average Bonchev–Trinajstić information content (AvgIpc) is 2.20. The summed E-state index contributed by atoms with van der Waals surface area (Å²) in [6, 6.07) is 0. The number of carbonyl (C=O) groups excluding carboxylic acids is 1. The Morgan fingerprint density at radius 2 is 2.30 bits per heavy atom. The Labute approximate surface area is 70.5 Å². The van der Waals surface area contributed by atoms with Crippen molar-refractivity contribution in [2.24, 2.45) is 4.99 Å². The lowest BCUT2D eigenvalue weighted by Gasteiger charge is -1.78. The molecule has 52 valence electrons. The normalized spacial score (nSPS) is 9.00. The summed E-state index contributed by atoms with van der Waals surface area (Å²) in [5, 5.41) is 0.664. The molecule has 0 saturated heterocycles. The van der Waals surface area contributed by atoms with E-state index < -0.39 is 0 Å². The van der Waals surface area contributed by atoms with E-state index in [1.807, 2.05) is 0 Å². The second kappa shape index (κ2) is 3.12. The van der Waals surface area contributed by atoms with Crippen molar-refractivity contribution in [1.29, 1.82) is 0 Å². The van der Waals surface area contributed by atoms with Crippen LogP contribution in [0, 0.1) is 0 Å². The number of nitrogens with zero attached hydrogens (tertiary/aromatic N) is 2. The highest BCUT2D eigenvalue weighted by atomic mass is 35.5. The molecule has 1 aromatic rings. The standard InChI is InChI=1S/C4Cl2N2OS/c5-2-3(6)8-10-4(2)7-1-9. The molecule has 10 heavy (non-hydrogen) atoms. The minimum absolute atomic E-state index is 0.167. The molecule has 0 radical (unpaired) electrons. The van der Waals surface area contributed by atoms with Gasteiger partial charge in [-0.2, -0.15) is 9.37 Å². The first kappa shape index (κ1) is 7.69. The van der Waals surface area contributed by atoms with Crippen LogP contribution in [0.2, 0.25) is 10.2 Å². The fraction of sp³-hybridized carbons (Fsp3) is 0. The van der Waals surface area contributed by atoms with Gasteiger partial charge in [-0.25, -0.2) is 4.79 Å². The van der Waals surface area contributed by atoms with Gasteiger partial charge in [-0.15, -0.1) is 0 Å². The first-order valence-corrected chi connectivity index (χ1v) is 3.67. The Morgan fingerprint density at radius 3 is 2.70 bits per heavy atom. The van der Waals surface area contributed by atoms with E-state index in [4.69, 9.17) is 23.2 Å². The van der Waals surface area contributed by atoms with E-state index in [0.29, 0.717) is 5.00 Å². The van der Waals surface area contributed by atoms with E-state index in [9.17, 15) is 4.79 Å². The van der Waals surface area contributed by atoms with Gasteiger partial charge < -0.3 is 0 Å². The van der Waals surface area contributed by atoms with E-state index in [0.717, 1.165) is 11.5 Å². The fourth-order valence-electron chi connectivity index (χ4n) is 0.363. The predicted molar refractivity (Wildman–Crippen MR) is 39.9 cm³/mol. The largest absolute Gasteiger partial charge is 0.241 e. The monoisotopic (exact) mass is 194 g/mol. The number of halogens is 2. The van der Waals surface area contributed by atoms with Gasteiger partial charge in [0.25, 0.3) is 0 Å². The van der Waals surface area contributed by atoms with Crippen LogP contribution in [0.5, 0.6) is 0 Å². The summed E-state index contributed by atoms with van der Waals surface area (Å²) in [7, 11) is 0. The van der Waals surface area contributed by atoms with Gasteiger partial charge in [0.2, 0.25) is 6.08 Å². The second-order valence-electron chi connectivity index (χ2n) is 1.30. The maximum atomic E-state index is 9.72. The van der Waals surface area contributed by atoms with Crippen molar-refractivity contribution in [2.45, 2.75) is 0 Å². The first-order chi connectivity index (χ1) is 4.75. The first-order valence-electron chi connectivity index (χ1n) is 2.14. The quantitative estimate of drug-likeness (QED) is 0.510. The summed E-state index contributed by atoms with van der Waals surface area (Å²) in [5.41, 5.74) is 0. The van der Waals surface area contributed by atoms with Crippen LogP contribution < -0.4 is 0 Å². The van der Waals surface area contributed by atoms with Crippen molar-refractivity contribution >= 4 is 45.8 Å². The van der Waals surface area contributed by atoms with Crippen molar-refractivity contribution < 1.29 is 4.79 Å². The van der Waals surface area contributed by atoms with E-state index in [1.54, 1.807) is 0 Å². The van der Waals surface area contributed by atoms with E-state index in [2.05, 4.69) is 9.37 Å². The Kier molecular flexibility index (Phi) is 2.40. The number of hydrogen-bond donors (Lipinski definition) is 0. The molecule has 0 saturated carbocycles. The molecule has 1 rings (SSSR count). The summed E-state index contributed by atoms with van der Waals surface area (Å²) in [5.74, 6) is 0. The van der Waals surface area contributed by atoms with Crippen molar-refractivity contribution in [3.05, 3.63) is 10.2 Å². The third-order valence-electron chi connectivity index (χ3n) is 0.728. The van der Waals surface area contributed by atoms with E-state index in [1.165, 1.54) is 6.08 Å². The average molecular weight is 195 g/mol. The van der Waals surface area contributed by atoms with Crippen molar-refractivity contribution in [2.75, 3.05) is 0 Å². The molecule has 0 aliphatic carbocycles. The summed E-state index contributed by atoms with van der Waals surface area (Å²) in [6.45, 7) is 0. The molecule has 0 atom stereocenters.